The highest BCUT2D eigenvalue weighted by Crippen LogP contribution is 2.30. The van der Waals surface area contributed by atoms with Crippen molar-refractivity contribution in [3.63, 3.8) is 0 Å². The predicted molar refractivity (Wildman–Crippen MR) is 95.6 cm³/mol. The molecule has 1 aromatic heterocycles. The van der Waals surface area contributed by atoms with Gasteiger partial charge in [0.05, 0.1) is 12.1 Å². The molecule has 2 atom stereocenters. The van der Waals surface area contributed by atoms with Crippen LogP contribution in [0.4, 0.5) is 0 Å². The minimum Gasteiger partial charge on any atom is -0.361 e. The first-order valence-corrected chi connectivity index (χ1v) is 8.41. The summed E-state index contributed by atoms with van der Waals surface area (Å²) in [7, 11) is 0. The zero-order valence-electron chi connectivity index (χ0n) is 13.5. The van der Waals surface area contributed by atoms with E-state index in [-0.39, 0.29) is 11.9 Å². The summed E-state index contributed by atoms with van der Waals surface area (Å²) in [6.45, 7) is 0. The van der Waals surface area contributed by atoms with E-state index < -0.39 is 6.04 Å². The maximum Gasteiger partial charge on any atom is 0.237 e. The first kappa shape index (κ1) is 15.0. The SMILES string of the molecule is N[C@@H](Cc1c[nH]c2ccccc12)C(=O)NC1CCc2ccccc21. The van der Waals surface area contributed by atoms with Crippen molar-refractivity contribution in [2.75, 3.05) is 0 Å². The Hall–Kier alpha value is -2.59. The summed E-state index contributed by atoms with van der Waals surface area (Å²) in [5, 5.41) is 4.25. The Balaban J connectivity index is 1.45. The van der Waals surface area contributed by atoms with Gasteiger partial charge in [0.2, 0.25) is 5.91 Å². The topological polar surface area (TPSA) is 70.9 Å². The highest BCUT2D eigenvalue weighted by Gasteiger charge is 2.25. The number of benzene rings is 2. The van der Waals surface area contributed by atoms with Gasteiger partial charge >= 0.3 is 0 Å². The molecule has 0 aliphatic heterocycles. The molecule has 4 N–H and O–H groups in total. The first-order valence-electron chi connectivity index (χ1n) is 8.41. The molecule has 0 saturated heterocycles. The number of fused-ring (bicyclic) bond motifs is 2. The number of aromatic nitrogens is 1. The van der Waals surface area contributed by atoms with Crippen LogP contribution in [0, 0.1) is 0 Å². The molecular formula is C20H21N3O. The first-order chi connectivity index (χ1) is 11.7. The Labute approximate surface area is 141 Å². The van der Waals surface area contributed by atoms with Gasteiger partial charge in [0.15, 0.2) is 0 Å². The van der Waals surface area contributed by atoms with Crippen molar-refractivity contribution < 1.29 is 4.79 Å². The third-order valence-electron chi connectivity index (χ3n) is 4.90. The zero-order chi connectivity index (χ0) is 16.5. The number of nitrogens with one attached hydrogen (secondary N) is 2. The maximum absolute atomic E-state index is 12.5. The third kappa shape index (κ3) is 2.69. The Morgan fingerprint density at radius 2 is 2.00 bits per heavy atom. The lowest BCUT2D eigenvalue weighted by atomic mass is 10.0. The van der Waals surface area contributed by atoms with Gasteiger partial charge in [0.1, 0.15) is 0 Å². The summed E-state index contributed by atoms with van der Waals surface area (Å²) in [6, 6.07) is 15.9. The van der Waals surface area contributed by atoms with Crippen molar-refractivity contribution in [3.8, 4) is 0 Å². The van der Waals surface area contributed by atoms with Gasteiger partial charge in [-0.15, -0.1) is 0 Å². The summed E-state index contributed by atoms with van der Waals surface area (Å²) < 4.78 is 0. The minimum absolute atomic E-state index is 0.0815. The van der Waals surface area contributed by atoms with Crippen LogP contribution in [0.25, 0.3) is 10.9 Å². The van der Waals surface area contributed by atoms with E-state index in [1.165, 1.54) is 11.1 Å². The van der Waals surface area contributed by atoms with Crippen LogP contribution in [0.5, 0.6) is 0 Å². The average Bonchev–Trinajstić information content (AvgIpc) is 3.20. The van der Waals surface area contributed by atoms with Crippen LogP contribution in [0.1, 0.15) is 29.2 Å². The molecule has 1 aliphatic carbocycles. The molecule has 0 spiro atoms. The van der Waals surface area contributed by atoms with E-state index in [4.69, 9.17) is 5.73 Å². The lowest BCUT2D eigenvalue weighted by molar-refractivity contribution is -0.123. The normalized spacial score (nSPS) is 17.6. The summed E-state index contributed by atoms with van der Waals surface area (Å²) in [4.78, 5) is 15.8. The maximum atomic E-state index is 12.5. The molecule has 2 aromatic carbocycles. The van der Waals surface area contributed by atoms with Gasteiger partial charge < -0.3 is 16.0 Å². The zero-order valence-corrected chi connectivity index (χ0v) is 13.5. The van der Waals surface area contributed by atoms with Crippen molar-refractivity contribution in [1.82, 2.24) is 10.3 Å². The number of rotatable bonds is 4. The minimum atomic E-state index is -0.544. The molecule has 1 amide bonds. The molecule has 122 valence electrons. The van der Waals surface area contributed by atoms with E-state index in [0.717, 1.165) is 29.3 Å². The summed E-state index contributed by atoms with van der Waals surface area (Å²) in [5.41, 5.74) is 10.9. The molecule has 24 heavy (non-hydrogen) atoms. The van der Waals surface area contributed by atoms with Gasteiger partial charge in [-0.25, -0.2) is 0 Å². The van der Waals surface area contributed by atoms with Crippen molar-refractivity contribution in [3.05, 3.63) is 71.4 Å². The second-order valence-electron chi connectivity index (χ2n) is 6.47. The number of aryl methyl sites for hydroxylation is 1. The molecule has 4 heteroatoms. The van der Waals surface area contributed by atoms with Crippen LogP contribution in [0.2, 0.25) is 0 Å². The van der Waals surface area contributed by atoms with Gasteiger partial charge in [-0.1, -0.05) is 42.5 Å². The molecule has 4 rings (SSSR count). The van der Waals surface area contributed by atoms with Crippen LogP contribution in [-0.2, 0) is 17.6 Å². The van der Waals surface area contributed by atoms with E-state index in [1.807, 2.05) is 36.5 Å². The van der Waals surface area contributed by atoms with Crippen LogP contribution < -0.4 is 11.1 Å². The number of nitrogens with two attached hydrogens (primary N) is 1. The average molecular weight is 319 g/mol. The van der Waals surface area contributed by atoms with E-state index in [2.05, 4.69) is 28.5 Å². The van der Waals surface area contributed by atoms with Crippen LogP contribution >= 0.6 is 0 Å². The van der Waals surface area contributed by atoms with Crippen molar-refractivity contribution in [1.29, 1.82) is 0 Å². The Morgan fingerprint density at radius 3 is 2.92 bits per heavy atom. The number of carbonyl (C=O) groups excluding carboxylic acids is 1. The molecule has 0 saturated carbocycles. The van der Waals surface area contributed by atoms with E-state index in [1.54, 1.807) is 0 Å². The quantitative estimate of drug-likeness (QED) is 0.692. The number of hydrogen-bond acceptors (Lipinski definition) is 2. The number of amides is 1. The number of aromatic amines is 1. The Kier molecular flexibility index (Phi) is 3.82. The number of carbonyl (C=O) groups is 1. The summed E-state index contributed by atoms with van der Waals surface area (Å²) in [5.74, 6) is -0.0815. The molecule has 1 aliphatic rings. The molecule has 1 unspecified atom stereocenters. The fourth-order valence-electron chi connectivity index (χ4n) is 3.62. The fourth-order valence-corrected chi connectivity index (χ4v) is 3.62. The predicted octanol–water partition coefficient (Wildman–Crippen LogP) is 2.84. The fraction of sp³-hybridized carbons (Fsp3) is 0.250. The highest BCUT2D eigenvalue weighted by molar-refractivity contribution is 5.86. The molecule has 1 heterocycles. The van der Waals surface area contributed by atoms with Gasteiger partial charge in [0, 0.05) is 17.1 Å². The molecule has 0 radical (unpaired) electrons. The molecule has 4 nitrogen and oxygen atoms in total. The van der Waals surface area contributed by atoms with Gasteiger partial charge in [0.25, 0.3) is 0 Å². The Bertz CT molecular complexity index is 883. The van der Waals surface area contributed by atoms with Gasteiger partial charge in [-0.2, -0.15) is 0 Å². The van der Waals surface area contributed by atoms with E-state index in [0.29, 0.717) is 6.42 Å². The molecular weight excluding hydrogens is 298 g/mol. The second-order valence-corrected chi connectivity index (χ2v) is 6.47. The number of para-hydroxylation sites is 1. The Morgan fingerprint density at radius 1 is 1.21 bits per heavy atom. The molecule has 0 bridgehead atoms. The van der Waals surface area contributed by atoms with Crippen molar-refractivity contribution in [2.45, 2.75) is 31.3 Å². The number of hydrogen-bond donors (Lipinski definition) is 3. The highest BCUT2D eigenvalue weighted by atomic mass is 16.2. The standard InChI is InChI=1S/C20H21N3O/c21-17(11-14-12-22-18-8-4-3-7-16(14)18)20(24)23-19-10-9-13-5-1-2-6-15(13)19/h1-8,12,17,19,22H,9-11,21H2,(H,23,24)/t17-,19?/m0/s1. The van der Waals surface area contributed by atoms with Crippen LogP contribution in [-0.4, -0.2) is 16.9 Å². The third-order valence-corrected chi connectivity index (χ3v) is 4.90. The van der Waals surface area contributed by atoms with E-state index >= 15 is 0 Å². The monoisotopic (exact) mass is 319 g/mol. The lowest BCUT2D eigenvalue weighted by Crippen LogP contribution is -2.43. The summed E-state index contributed by atoms with van der Waals surface area (Å²) >= 11 is 0. The smallest absolute Gasteiger partial charge is 0.237 e. The molecule has 3 aromatic rings. The summed E-state index contributed by atoms with van der Waals surface area (Å²) in [6.07, 6.45) is 4.44. The van der Waals surface area contributed by atoms with Gasteiger partial charge in [-0.3, -0.25) is 4.79 Å². The molecule has 0 fully saturated rings. The lowest BCUT2D eigenvalue weighted by Gasteiger charge is -2.17. The van der Waals surface area contributed by atoms with Crippen molar-refractivity contribution >= 4 is 16.8 Å². The van der Waals surface area contributed by atoms with E-state index in [9.17, 15) is 4.79 Å². The van der Waals surface area contributed by atoms with Crippen LogP contribution in [0.15, 0.2) is 54.7 Å². The largest absolute Gasteiger partial charge is 0.361 e. The van der Waals surface area contributed by atoms with Gasteiger partial charge in [-0.05, 0) is 42.0 Å². The number of H-pyrrole nitrogens is 1. The van der Waals surface area contributed by atoms with Crippen molar-refractivity contribution in [2.24, 2.45) is 5.73 Å². The van der Waals surface area contributed by atoms with Crippen LogP contribution in [0.3, 0.4) is 0 Å². The second kappa shape index (κ2) is 6.13.